The molecule has 0 atom stereocenters. The Hall–Kier alpha value is -2.22. The fourth-order valence-electron chi connectivity index (χ4n) is 1.29. The number of hydrogen-bond donors (Lipinski definition) is 0. The van der Waals surface area contributed by atoms with Crippen molar-refractivity contribution in [1.29, 1.82) is 5.26 Å². The second kappa shape index (κ2) is 4.53. The first-order valence-electron chi connectivity index (χ1n) is 4.71. The lowest BCUT2D eigenvalue weighted by atomic mass is 10.1. The van der Waals surface area contributed by atoms with Crippen LogP contribution >= 0.6 is 0 Å². The molecule has 80 valence electrons. The molecule has 0 spiro atoms. The third-order valence-electron chi connectivity index (χ3n) is 2.02. The summed E-state index contributed by atoms with van der Waals surface area (Å²) >= 11 is 0. The van der Waals surface area contributed by atoms with Crippen LogP contribution in [0.4, 0.5) is 4.39 Å². The van der Waals surface area contributed by atoms with Crippen LogP contribution < -0.4 is 0 Å². The molecule has 5 heteroatoms. The van der Waals surface area contributed by atoms with Crippen LogP contribution in [0, 0.1) is 17.1 Å². The minimum Gasteiger partial charge on any atom is -0.338 e. The average Bonchev–Trinajstić information content (AvgIpc) is 2.70. The summed E-state index contributed by atoms with van der Waals surface area (Å²) in [6, 6.07) is 8.01. The highest BCUT2D eigenvalue weighted by Gasteiger charge is 2.06. The summed E-state index contributed by atoms with van der Waals surface area (Å²) < 4.78 is 17.5. The molecule has 0 unspecified atom stereocenters. The molecule has 1 aromatic heterocycles. The topological polar surface area (TPSA) is 62.7 Å². The van der Waals surface area contributed by atoms with Gasteiger partial charge in [-0.3, -0.25) is 0 Å². The highest BCUT2D eigenvalue weighted by Crippen LogP contribution is 2.08. The van der Waals surface area contributed by atoms with Crippen LogP contribution in [-0.4, -0.2) is 10.1 Å². The first-order valence-corrected chi connectivity index (χ1v) is 4.71. The second-order valence-electron chi connectivity index (χ2n) is 3.24. The van der Waals surface area contributed by atoms with Crippen molar-refractivity contribution >= 4 is 0 Å². The Bertz CT molecular complexity index is 513. The number of halogens is 1. The summed E-state index contributed by atoms with van der Waals surface area (Å²) in [7, 11) is 0. The maximum atomic E-state index is 12.6. The fourth-order valence-corrected chi connectivity index (χ4v) is 1.29. The predicted octanol–water partition coefficient (Wildman–Crippen LogP) is 1.87. The van der Waals surface area contributed by atoms with Gasteiger partial charge in [0, 0.05) is 6.42 Å². The molecule has 1 aromatic carbocycles. The lowest BCUT2D eigenvalue weighted by molar-refractivity contribution is 0.382. The maximum Gasteiger partial charge on any atom is 0.240 e. The SMILES string of the molecule is N#CCc1nc(Cc2ccc(F)cc2)no1. The minimum atomic E-state index is -0.276. The molecule has 0 fully saturated rings. The van der Waals surface area contributed by atoms with Gasteiger partial charge in [-0.2, -0.15) is 10.2 Å². The van der Waals surface area contributed by atoms with Gasteiger partial charge in [0.15, 0.2) is 5.82 Å². The van der Waals surface area contributed by atoms with E-state index in [0.29, 0.717) is 18.1 Å². The summed E-state index contributed by atoms with van der Waals surface area (Å²) in [6.07, 6.45) is 0.575. The number of aromatic nitrogens is 2. The Balaban J connectivity index is 2.09. The normalized spacial score (nSPS) is 10.0. The predicted molar refractivity (Wildman–Crippen MR) is 52.8 cm³/mol. The molecule has 0 saturated heterocycles. The monoisotopic (exact) mass is 217 g/mol. The number of rotatable bonds is 3. The molecule has 0 aliphatic rings. The Morgan fingerprint density at radius 1 is 1.31 bits per heavy atom. The van der Waals surface area contributed by atoms with Gasteiger partial charge in [-0.15, -0.1) is 0 Å². The van der Waals surface area contributed by atoms with Gasteiger partial charge in [0.05, 0.1) is 6.07 Å². The quantitative estimate of drug-likeness (QED) is 0.787. The van der Waals surface area contributed by atoms with Gasteiger partial charge in [0.1, 0.15) is 12.2 Å². The van der Waals surface area contributed by atoms with E-state index in [9.17, 15) is 4.39 Å². The zero-order valence-corrected chi connectivity index (χ0v) is 8.35. The van der Waals surface area contributed by atoms with Crippen molar-refractivity contribution in [2.45, 2.75) is 12.8 Å². The van der Waals surface area contributed by atoms with E-state index in [1.807, 2.05) is 6.07 Å². The third-order valence-corrected chi connectivity index (χ3v) is 2.02. The van der Waals surface area contributed by atoms with Gasteiger partial charge in [0.2, 0.25) is 5.89 Å². The second-order valence-corrected chi connectivity index (χ2v) is 3.24. The summed E-state index contributed by atoms with van der Waals surface area (Å²) in [5, 5.41) is 12.2. The molecule has 1 heterocycles. The van der Waals surface area contributed by atoms with Crippen LogP contribution in [0.2, 0.25) is 0 Å². The first-order chi connectivity index (χ1) is 7.78. The van der Waals surface area contributed by atoms with Crippen LogP contribution in [0.15, 0.2) is 28.8 Å². The molecule has 0 bridgehead atoms. The number of hydrogen-bond acceptors (Lipinski definition) is 4. The molecule has 0 aliphatic heterocycles. The molecular weight excluding hydrogens is 209 g/mol. The summed E-state index contributed by atoms with van der Waals surface area (Å²) in [6.45, 7) is 0. The van der Waals surface area contributed by atoms with Crippen LogP contribution in [0.1, 0.15) is 17.3 Å². The summed E-state index contributed by atoms with van der Waals surface area (Å²) in [5.41, 5.74) is 0.894. The van der Waals surface area contributed by atoms with Gasteiger partial charge < -0.3 is 4.52 Å². The van der Waals surface area contributed by atoms with E-state index in [2.05, 4.69) is 10.1 Å². The van der Waals surface area contributed by atoms with Gasteiger partial charge in [-0.1, -0.05) is 17.3 Å². The van der Waals surface area contributed by atoms with E-state index in [1.54, 1.807) is 12.1 Å². The zero-order valence-electron chi connectivity index (χ0n) is 8.35. The van der Waals surface area contributed by atoms with E-state index in [1.165, 1.54) is 12.1 Å². The van der Waals surface area contributed by atoms with Crippen LogP contribution in [0.5, 0.6) is 0 Å². The van der Waals surface area contributed by atoms with E-state index < -0.39 is 0 Å². The Morgan fingerprint density at radius 3 is 2.75 bits per heavy atom. The lowest BCUT2D eigenvalue weighted by Crippen LogP contribution is -1.91. The highest BCUT2D eigenvalue weighted by atomic mass is 19.1. The van der Waals surface area contributed by atoms with Crippen LogP contribution in [0.3, 0.4) is 0 Å². The van der Waals surface area contributed by atoms with Crippen LogP contribution in [0.25, 0.3) is 0 Å². The smallest absolute Gasteiger partial charge is 0.240 e. The summed E-state index contributed by atoms with van der Waals surface area (Å²) in [5.74, 6) is 0.526. The average molecular weight is 217 g/mol. The van der Waals surface area contributed by atoms with Crippen molar-refractivity contribution in [2.75, 3.05) is 0 Å². The van der Waals surface area contributed by atoms with Gasteiger partial charge in [0.25, 0.3) is 0 Å². The third kappa shape index (κ3) is 2.42. The zero-order chi connectivity index (χ0) is 11.4. The van der Waals surface area contributed by atoms with Crippen molar-refractivity contribution in [3.8, 4) is 6.07 Å². The standard InChI is InChI=1S/C11H8FN3O/c12-9-3-1-8(2-4-9)7-10-14-11(5-6-13)16-15-10/h1-4H,5,7H2. The molecule has 2 rings (SSSR count). The van der Waals surface area contributed by atoms with E-state index in [4.69, 9.17) is 9.78 Å². The fraction of sp³-hybridized carbons (Fsp3) is 0.182. The molecular formula is C11H8FN3O. The van der Waals surface area contributed by atoms with Gasteiger partial charge in [-0.05, 0) is 17.7 Å². The molecule has 2 aromatic rings. The minimum absolute atomic E-state index is 0.108. The van der Waals surface area contributed by atoms with Crippen molar-refractivity contribution in [3.05, 3.63) is 47.4 Å². The maximum absolute atomic E-state index is 12.6. The first kappa shape index (κ1) is 10.3. The van der Waals surface area contributed by atoms with Crippen molar-refractivity contribution in [2.24, 2.45) is 0 Å². The molecule has 16 heavy (non-hydrogen) atoms. The number of nitrogens with zero attached hydrogens (tertiary/aromatic N) is 3. The Morgan fingerprint density at radius 2 is 2.06 bits per heavy atom. The van der Waals surface area contributed by atoms with Crippen LogP contribution in [-0.2, 0) is 12.8 Å². The van der Waals surface area contributed by atoms with E-state index in [-0.39, 0.29) is 12.2 Å². The lowest BCUT2D eigenvalue weighted by Gasteiger charge is -1.95. The van der Waals surface area contributed by atoms with Crippen molar-refractivity contribution in [1.82, 2.24) is 10.1 Å². The van der Waals surface area contributed by atoms with Crippen molar-refractivity contribution in [3.63, 3.8) is 0 Å². The van der Waals surface area contributed by atoms with E-state index >= 15 is 0 Å². The van der Waals surface area contributed by atoms with Gasteiger partial charge in [-0.25, -0.2) is 4.39 Å². The molecule has 0 saturated carbocycles. The Labute approximate surface area is 91.3 Å². The molecule has 0 amide bonds. The van der Waals surface area contributed by atoms with Crippen molar-refractivity contribution < 1.29 is 8.91 Å². The summed E-state index contributed by atoms with van der Waals surface area (Å²) in [4.78, 5) is 4.02. The number of benzene rings is 1. The van der Waals surface area contributed by atoms with Gasteiger partial charge >= 0.3 is 0 Å². The molecule has 4 nitrogen and oxygen atoms in total. The molecule has 0 N–H and O–H groups in total. The number of nitriles is 1. The molecule has 0 aliphatic carbocycles. The highest BCUT2D eigenvalue weighted by molar-refractivity contribution is 5.19. The Kier molecular flexibility index (Phi) is 2.92. The molecule has 0 radical (unpaired) electrons. The van der Waals surface area contributed by atoms with E-state index in [0.717, 1.165) is 5.56 Å². The largest absolute Gasteiger partial charge is 0.338 e.